The van der Waals surface area contributed by atoms with Crippen LogP contribution in [0.1, 0.15) is 12.5 Å². The molecule has 0 aliphatic heterocycles. The Labute approximate surface area is 109 Å². The van der Waals surface area contributed by atoms with Crippen LogP contribution in [0.3, 0.4) is 0 Å². The van der Waals surface area contributed by atoms with Crippen LogP contribution < -0.4 is 10.5 Å². The summed E-state index contributed by atoms with van der Waals surface area (Å²) in [6, 6.07) is 5.57. The summed E-state index contributed by atoms with van der Waals surface area (Å²) in [5.41, 5.74) is 7.49. The molecule has 90 valence electrons. The van der Waals surface area contributed by atoms with E-state index in [1.54, 1.807) is 0 Å². The van der Waals surface area contributed by atoms with Crippen molar-refractivity contribution in [1.82, 2.24) is 9.78 Å². The molecule has 1 aromatic carbocycles. The average molecular weight is 296 g/mol. The van der Waals surface area contributed by atoms with Gasteiger partial charge in [0, 0.05) is 24.0 Å². The van der Waals surface area contributed by atoms with Crippen molar-refractivity contribution in [3.05, 3.63) is 40.6 Å². The van der Waals surface area contributed by atoms with Crippen LogP contribution in [0.2, 0.25) is 0 Å². The number of nitrogens with two attached hydrogens (primary N) is 1. The van der Waals surface area contributed by atoms with Crippen molar-refractivity contribution in [2.24, 2.45) is 0 Å². The highest BCUT2D eigenvalue weighted by molar-refractivity contribution is 9.10. The Hall–Kier alpha value is -1.49. The van der Waals surface area contributed by atoms with Crippen molar-refractivity contribution < 1.29 is 4.74 Å². The number of nitrogen functional groups attached to an aromatic ring is 1. The molecule has 2 rings (SSSR count). The van der Waals surface area contributed by atoms with Crippen LogP contribution in [-0.2, 0) is 13.2 Å². The molecular weight excluding hydrogens is 282 g/mol. The molecule has 5 heteroatoms. The fourth-order valence-corrected chi connectivity index (χ4v) is 1.83. The van der Waals surface area contributed by atoms with Crippen molar-refractivity contribution in [2.45, 2.75) is 20.1 Å². The number of halogens is 1. The second-order valence-corrected chi connectivity index (χ2v) is 4.45. The maximum atomic E-state index is 5.77. The zero-order chi connectivity index (χ0) is 12.3. The maximum Gasteiger partial charge on any atom is 0.136 e. The summed E-state index contributed by atoms with van der Waals surface area (Å²) in [5.74, 6) is 0.745. The molecular formula is C12H14BrN3O. The zero-order valence-electron chi connectivity index (χ0n) is 9.56. The van der Waals surface area contributed by atoms with Crippen molar-refractivity contribution in [3.8, 4) is 5.75 Å². The standard InChI is InChI=1S/C12H14BrN3O/c1-2-16-7-9(6-15-16)8-17-11-5-3-4-10(14)12(11)13/h3-7H,2,8,14H2,1H3. The van der Waals surface area contributed by atoms with E-state index >= 15 is 0 Å². The minimum atomic E-state index is 0.488. The molecule has 0 saturated carbocycles. The van der Waals surface area contributed by atoms with Gasteiger partial charge in [-0.15, -0.1) is 0 Å². The van der Waals surface area contributed by atoms with Crippen LogP contribution in [0.15, 0.2) is 35.1 Å². The Balaban J connectivity index is 2.04. The molecule has 17 heavy (non-hydrogen) atoms. The highest BCUT2D eigenvalue weighted by Crippen LogP contribution is 2.30. The summed E-state index contributed by atoms with van der Waals surface area (Å²) in [6.45, 7) is 3.40. The van der Waals surface area contributed by atoms with Crippen LogP contribution in [0.25, 0.3) is 0 Å². The normalized spacial score (nSPS) is 10.5. The molecule has 2 N–H and O–H groups in total. The lowest BCUT2D eigenvalue weighted by molar-refractivity contribution is 0.304. The number of ether oxygens (including phenoxy) is 1. The molecule has 0 aliphatic rings. The Morgan fingerprint density at radius 1 is 1.47 bits per heavy atom. The number of rotatable bonds is 4. The molecule has 0 bridgehead atoms. The molecule has 4 nitrogen and oxygen atoms in total. The van der Waals surface area contributed by atoms with Gasteiger partial charge >= 0.3 is 0 Å². The second kappa shape index (κ2) is 5.23. The number of nitrogens with zero attached hydrogens (tertiary/aromatic N) is 2. The summed E-state index contributed by atoms with van der Waals surface area (Å²) < 4.78 is 8.34. The van der Waals surface area contributed by atoms with E-state index in [2.05, 4.69) is 21.0 Å². The molecule has 0 radical (unpaired) electrons. The lowest BCUT2D eigenvalue weighted by Crippen LogP contribution is -1.97. The number of hydrogen-bond donors (Lipinski definition) is 1. The van der Waals surface area contributed by atoms with E-state index in [0.29, 0.717) is 12.3 Å². The van der Waals surface area contributed by atoms with Crippen molar-refractivity contribution in [1.29, 1.82) is 0 Å². The SMILES string of the molecule is CCn1cc(COc2cccc(N)c2Br)cn1. The van der Waals surface area contributed by atoms with Crippen molar-refractivity contribution in [2.75, 3.05) is 5.73 Å². The Kier molecular flexibility index (Phi) is 3.68. The van der Waals surface area contributed by atoms with E-state index in [-0.39, 0.29) is 0 Å². The van der Waals surface area contributed by atoms with Crippen LogP contribution in [0, 0.1) is 0 Å². The number of anilines is 1. The second-order valence-electron chi connectivity index (χ2n) is 3.65. The van der Waals surface area contributed by atoms with Gasteiger partial charge in [0.1, 0.15) is 12.4 Å². The Bertz CT molecular complexity index is 510. The molecule has 0 amide bonds. The smallest absolute Gasteiger partial charge is 0.136 e. The average Bonchev–Trinajstić information content (AvgIpc) is 2.79. The zero-order valence-corrected chi connectivity index (χ0v) is 11.1. The Morgan fingerprint density at radius 3 is 3.00 bits per heavy atom. The van der Waals surface area contributed by atoms with E-state index in [1.807, 2.05) is 42.2 Å². The summed E-state index contributed by atoms with van der Waals surface area (Å²) in [4.78, 5) is 0. The highest BCUT2D eigenvalue weighted by Gasteiger charge is 2.05. The van der Waals surface area contributed by atoms with Gasteiger partial charge in [-0.1, -0.05) is 6.07 Å². The topological polar surface area (TPSA) is 53.1 Å². The number of aryl methyl sites for hydroxylation is 1. The summed E-state index contributed by atoms with van der Waals surface area (Å²) in [6.07, 6.45) is 3.78. The molecule has 2 aromatic rings. The van der Waals surface area contributed by atoms with E-state index in [1.165, 1.54) is 0 Å². The van der Waals surface area contributed by atoms with Gasteiger partial charge in [0.15, 0.2) is 0 Å². The van der Waals surface area contributed by atoms with Gasteiger partial charge in [-0.05, 0) is 35.0 Å². The van der Waals surface area contributed by atoms with Crippen LogP contribution >= 0.6 is 15.9 Å². The fourth-order valence-electron chi connectivity index (χ4n) is 1.45. The summed E-state index contributed by atoms with van der Waals surface area (Å²) in [7, 11) is 0. The van der Waals surface area contributed by atoms with Gasteiger partial charge in [0.25, 0.3) is 0 Å². The van der Waals surface area contributed by atoms with Crippen LogP contribution in [0.5, 0.6) is 5.75 Å². The molecule has 1 aromatic heterocycles. The third kappa shape index (κ3) is 2.79. The first kappa shape index (κ1) is 12.0. The monoisotopic (exact) mass is 295 g/mol. The van der Waals surface area contributed by atoms with E-state index in [9.17, 15) is 0 Å². The van der Waals surface area contributed by atoms with Crippen LogP contribution in [0.4, 0.5) is 5.69 Å². The lowest BCUT2D eigenvalue weighted by Gasteiger charge is -2.08. The lowest BCUT2D eigenvalue weighted by atomic mass is 10.3. The highest BCUT2D eigenvalue weighted by atomic mass is 79.9. The quantitative estimate of drug-likeness (QED) is 0.883. The molecule has 1 heterocycles. The third-order valence-corrected chi connectivity index (χ3v) is 3.25. The predicted molar refractivity (Wildman–Crippen MR) is 70.8 cm³/mol. The number of benzene rings is 1. The first-order chi connectivity index (χ1) is 8.20. The van der Waals surface area contributed by atoms with Gasteiger partial charge in [0.05, 0.1) is 10.7 Å². The van der Waals surface area contributed by atoms with E-state index < -0.39 is 0 Å². The molecule has 0 aliphatic carbocycles. The first-order valence-electron chi connectivity index (χ1n) is 5.39. The number of aromatic nitrogens is 2. The Morgan fingerprint density at radius 2 is 2.29 bits per heavy atom. The van der Waals surface area contributed by atoms with Gasteiger partial charge in [-0.3, -0.25) is 4.68 Å². The largest absolute Gasteiger partial charge is 0.488 e. The van der Waals surface area contributed by atoms with Gasteiger partial charge in [-0.25, -0.2) is 0 Å². The third-order valence-electron chi connectivity index (χ3n) is 2.40. The van der Waals surface area contributed by atoms with E-state index in [0.717, 1.165) is 22.3 Å². The van der Waals surface area contributed by atoms with E-state index in [4.69, 9.17) is 10.5 Å². The predicted octanol–water partition coefficient (Wildman–Crippen LogP) is 2.83. The molecule has 0 spiro atoms. The molecule has 0 unspecified atom stereocenters. The minimum Gasteiger partial charge on any atom is -0.488 e. The summed E-state index contributed by atoms with van der Waals surface area (Å²) in [5, 5.41) is 4.19. The molecule has 0 fully saturated rings. The number of hydrogen-bond acceptors (Lipinski definition) is 3. The van der Waals surface area contributed by atoms with Gasteiger partial charge in [-0.2, -0.15) is 5.10 Å². The minimum absolute atomic E-state index is 0.488. The van der Waals surface area contributed by atoms with Gasteiger partial charge < -0.3 is 10.5 Å². The first-order valence-corrected chi connectivity index (χ1v) is 6.18. The van der Waals surface area contributed by atoms with Gasteiger partial charge in [0.2, 0.25) is 0 Å². The molecule has 0 atom stereocenters. The van der Waals surface area contributed by atoms with Crippen LogP contribution in [-0.4, -0.2) is 9.78 Å². The molecule has 0 saturated heterocycles. The summed E-state index contributed by atoms with van der Waals surface area (Å²) >= 11 is 3.40. The maximum absolute atomic E-state index is 5.77. The van der Waals surface area contributed by atoms with Crippen molar-refractivity contribution in [3.63, 3.8) is 0 Å². The fraction of sp³-hybridized carbons (Fsp3) is 0.250. The van der Waals surface area contributed by atoms with Crippen molar-refractivity contribution >= 4 is 21.6 Å².